The van der Waals surface area contributed by atoms with Gasteiger partial charge in [0.15, 0.2) is 0 Å². The second kappa shape index (κ2) is 5.63. The molecule has 0 radical (unpaired) electrons. The zero-order chi connectivity index (χ0) is 10.4. The smallest absolute Gasteiger partial charge is 0.129 e. The molecule has 0 atom stereocenters. The summed E-state index contributed by atoms with van der Waals surface area (Å²) in [5.74, 6) is 1.06. The van der Waals surface area contributed by atoms with Crippen LogP contribution in [-0.4, -0.2) is 11.0 Å². The number of rotatable bonds is 5. The minimum atomic E-state index is 0.551. The van der Waals surface area contributed by atoms with Crippen molar-refractivity contribution in [3.63, 3.8) is 0 Å². The van der Waals surface area contributed by atoms with Gasteiger partial charge in [-0.15, -0.1) is 0 Å². The van der Waals surface area contributed by atoms with Crippen LogP contribution >= 0.6 is 0 Å². The molecule has 78 valence electrons. The normalized spacial score (nSPS) is 10.6. The van der Waals surface area contributed by atoms with E-state index >= 15 is 0 Å². The summed E-state index contributed by atoms with van der Waals surface area (Å²) in [5.41, 5.74) is 1.31. The van der Waals surface area contributed by atoms with Crippen molar-refractivity contribution in [2.45, 2.75) is 46.1 Å². The van der Waals surface area contributed by atoms with E-state index in [0.717, 1.165) is 25.1 Å². The minimum Gasteiger partial charge on any atom is -0.367 e. The number of anilines is 1. The molecule has 1 heterocycles. The van der Waals surface area contributed by atoms with E-state index in [1.54, 1.807) is 0 Å². The lowest BCUT2D eigenvalue weighted by molar-refractivity contribution is 0.667. The maximum absolute atomic E-state index is 4.37. The monoisotopic (exact) mass is 192 g/mol. The van der Waals surface area contributed by atoms with Crippen LogP contribution in [0.5, 0.6) is 0 Å². The molecule has 1 N–H and O–H groups in total. The van der Waals surface area contributed by atoms with Crippen molar-refractivity contribution in [1.82, 2.24) is 4.98 Å². The zero-order valence-corrected chi connectivity index (χ0v) is 9.38. The minimum absolute atomic E-state index is 0.551. The van der Waals surface area contributed by atoms with Crippen LogP contribution in [0, 0.1) is 0 Å². The lowest BCUT2D eigenvalue weighted by Gasteiger charge is -2.17. The topological polar surface area (TPSA) is 24.9 Å². The summed E-state index contributed by atoms with van der Waals surface area (Å²) in [7, 11) is 0. The molecule has 1 aromatic heterocycles. The first kappa shape index (κ1) is 11.0. The molecule has 1 rings (SSSR count). The first-order valence-electron chi connectivity index (χ1n) is 5.52. The lowest BCUT2D eigenvalue weighted by Crippen LogP contribution is -2.18. The fourth-order valence-corrected chi connectivity index (χ4v) is 1.54. The Balaban J connectivity index is 2.74. The molecule has 14 heavy (non-hydrogen) atoms. The van der Waals surface area contributed by atoms with Crippen molar-refractivity contribution in [1.29, 1.82) is 0 Å². The van der Waals surface area contributed by atoms with Gasteiger partial charge in [-0.05, 0) is 30.9 Å². The quantitative estimate of drug-likeness (QED) is 0.774. The highest BCUT2D eigenvalue weighted by atomic mass is 15.0. The van der Waals surface area contributed by atoms with Gasteiger partial charge in [-0.1, -0.05) is 26.8 Å². The van der Waals surface area contributed by atoms with Gasteiger partial charge in [0, 0.05) is 12.2 Å². The maximum atomic E-state index is 4.37. The molecule has 0 aliphatic heterocycles. The second-order valence-electron chi connectivity index (χ2n) is 3.52. The third kappa shape index (κ3) is 2.72. The fourth-order valence-electron chi connectivity index (χ4n) is 1.54. The Hall–Kier alpha value is -1.05. The zero-order valence-electron chi connectivity index (χ0n) is 9.38. The predicted molar refractivity (Wildman–Crippen MR) is 61.6 cm³/mol. The molecule has 0 saturated carbocycles. The van der Waals surface area contributed by atoms with E-state index in [-0.39, 0.29) is 0 Å². The predicted octanol–water partition coefficient (Wildman–Crippen LogP) is 3.24. The summed E-state index contributed by atoms with van der Waals surface area (Å²) in [4.78, 5) is 4.37. The number of hydrogen-bond acceptors (Lipinski definition) is 2. The summed E-state index contributed by atoms with van der Waals surface area (Å²) in [6.07, 6.45) is 5.19. The van der Waals surface area contributed by atoms with Crippen molar-refractivity contribution in [2.75, 3.05) is 5.32 Å². The third-order valence-corrected chi connectivity index (χ3v) is 2.60. The highest BCUT2D eigenvalue weighted by Crippen LogP contribution is 2.14. The largest absolute Gasteiger partial charge is 0.367 e. The number of aryl methyl sites for hydroxylation is 1. The van der Waals surface area contributed by atoms with E-state index in [1.807, 2.05) is 12.3 Å². The molecule has 0 aromatic carbocycles. The van der Waals surface area contributed by atoms with Crippen LogP contribution in [0.3, 0.4) is 0 Å². The second-order valence-corrected chi connectivity index (χ2v) is 3.52. The number of hydrogen-bond donors (Lipinski definition) is 1. The molecule has 2 nitrogen and oxygen atoms in total. The van der Waals surface area contributed by atoms with Gasteiger partial charge in [0.05, 0.1) is 0 Å². The van der Waals surface area contributed by atoms with Gasteiger partial charge < -0.3 is 5.32 Å². The van der Waals surface area contributed by atoms with E-state index in [9.17, 15) is 0 Å². The summed E-state index contributed by atoms with van der Waals surface area (Å²) in [5, 5.41) is 3.49. The van der Waals surface area contributed by atoms with Crippen LogP contribution in [0.15, 0.2) is 18.3 Å². The summed E-state index contributed by atoms with van der Waals surface area (Å²) < 4.78 is 0. The van der Waals surface area contributed by atoms with Crippen LogP contribution in [-0.2, 0) is 6.42 Å². The SMILES string of the molecule is CCc1cccnc1NC(CC)CC. The Morgan fingerprint density at radius 1 is 1.29 bits per heavy atom. The van der Waals surface area contributed by atoms with Crippen LogP contribution < -0.4 is 5.32 Å². The average Bonchev–Trinajstić information content (AvgIpc) is 2.26. The fraction of sp³-hybridized carbons (Fsp3) is 0.583. The standard InChI is InChI=1S/C12H20N2/c1-4-10-8-7-9-13-12(10)14-11(5-2)6-3/h7-9,11H,4-6H2,1-3H3,(H,13,14). The molecule has 0 saturated heterocycles. The van der Waals surface area contributed by atoms with Crippen molar-refractivity contribution in [2.24, 2.45) is 0 Å². The molecule has 0 fully saturated rings. The molecule has 0 spiro atoms. The number of nitrogens with one attached hydrogen (secondary N) is 1. The van der Waals surface area contributed by atoms with Gasteiger partial charge in [0.2, 0.25) is 0 Å². The van der Waals surface area contributed by atoms with Crippen LogP contribution in [0.25, 0.3) is 0 Å². The highest BCUT2D eigenvalue weighted by molar-refractivity contribution is 5.44. The molecule has 1 aromatic rings. The Labute approximate surface area is 86.8 Å². The van der Waals surface area contributed by atoms with Crippen LogP contribution in [0.4, 0.5) is 5.82 Å². The third-order valence-electron chi connectivity index (χ3n) is 2.60. The van der Waals surface area contributed by atoms with E-state index in [2.05, 4.69) is 37.1 Å². The Morgan fingerprint density at radius 2 is 2.00 bits per heavy atom. The molecule has 0 aliphatic carbocycles. The van der Waals surface area contributed by atoms with E-state index < -0.39 is 0 Å². The van der Waals surface area contributed by atoms with Crippen molar-refractivity contribution in [3.05, 3.63) is 23.9 Å². The van der Waals surface area contributed by atoms with Gasteiger partial charge >= 0.3 is 0 Å². The van der Waals surface area contributed by atoms with Gasteiger partial charge in [-0.3, -0.25) is 0 Å². The van der Waals surface area contributed by atoms with E-state index in [1.165, 1.54) is 5.56 Å². The van der Waals surface area contributed by atoms with Crippen molar-refractivity contribution < 1.29 is 0 Å². The molecule has 0 amide bonds. The summed E-state index contributed by atoms with van der Waals surface area (Å²) in [6, 6.07) is 4.68. The molecular weight excluding hydrogens is 172 g/mol. The average molecular weight is 192 g/mol. The van der Waals surface area contributed by atoms with Gasteiger partial charge in [0.25, 0.3) is 0 Å². The Bertz CT molecular complexity index is 267. The molecule has 0 bridgehead atoms. The summed E-state index contributed by atoms with van der Waals surface area (Å²) >= 11 is 0. The number of pyridine rings is 1. The molecular formula is C12H20N2. The van der Waals surface area contributed by atoms with Crippen LogP contribution in [0.2, 0.25) is 0 Å². The highest BCUT2D eigenvalue weighted by Gasteiger charge is 2.06. The van der Waals surface area contributed by atoms with Gasteiger partial charge in [0.1, 0.15) is 5.82 Å². The van der Waals surface area contributed by atoms with Crippen molar-refractivity contribution in [3.8, 4) is 0 Å². The first-order valence-corrected chi connectivity index (χ1v) is 5.52. The van der Waals surface area contributed by atoms with Gasteiger partial charge in [-0.25, -0.2) is 4.98 Å². The van der Waals surface area contributed by atoms with E-state index in [0.29, 0.717) is 6.04 Å². The summed E-state index contributed by atoms with van der Waals surface area (Å²) in [6.45, 7) is 6.57. The first-order chi connectivity index (χ1) is 6.81. The number of nitrogens with zero attached hydrogens (tertiary/aromatic N) is 1. The van der Waals surface area contributed by atoms with Crippen LogP contribution in [0.1, 0.15) is 39.2 Å². The lowest BCUT2D eigenvalue weighted by atomic mass is 10.1. The molecule has 0 aliphatic rings. The Morgan fingerprint density at radius 3 is 2.57 bits per heavy atom. The number of aromatic nitrogens is 1. The van der Waals surface area contributed by atoms with Gasteiger partial charge in [-0.2, -0.15) is 0 Å². The van der Waals surface area contributed by atoms with E-state index in [4.69, 9.17) is 0 Å². The maximum Gasteiger partial charge on any atom is 0.129 e. The Kier molecular flexibility index (Phi) is 4.44. The van der Waals surface area contributed by atoms with Crippen molar-refractivity contribution >= 4 is 5.82 Å². The molecule has 2 heteroatoms. The molecule has 0 unspecified atom stereocenters.